The summed E-state index contributed by atoms with van der Waals surface area (Å²) in [4.78, 5) is 14.4. The van der Waals surface area contributed by atoms with E-state index in [1.165, 1.54) is 12.3 Å². The van der Waals surface area contributed by atoms with Gasteiger partial charge in [0.25, 0.3) is 0 Å². The molecule has 3 nitrogen and oxygen atoms in total. The van der Waals surface area contributed by atoms with Gasteiger partial charge in [0, 0.05) is 6.20 Å². The second-order valence-corrected chi connectivity index (χ2v) is 3.26. The van der Waals surface area contributed by atoms with Crippen LogP contribution in [0, 0.1) is 24.1 Å². The number of fused-ring (bicyclic) bond motifs is 1. The van der Waals surface area contributed by atoms with E-state index < -0.39 is 11.2 Å². The number of hydrogen-bond acceptors (Lipinski definition) is 2. The Morgan fingerprint density at radius 3 is 2.87 bits per heavy atom. The molecule has 2 rings (SSSR count). The number of aryl methyl sites for hydroxylation is 1. The summed E-state index contributed by atoms with van der Waals surface area (Å²) in [5.74, 6) is -0.603. The lowest BCUT2D eigenvalue weighted by Crippen LogP contribution is -2.09. The number of aromatic amines is 1. The fraction of sp³-hybridized carbons (Fsp3) is 0.0909. The first-order chi connectivity index (χ1) is 7.15. The second-order valence-electron chi connectivity index (χ2n) is 3.26. The van der Waals surface area contributed by atoms with Gasteiger partial charge in [0.15, 0.2) is 0 Å². The molecule has 0 radical (unpaired) electrons. The summed E-state index contributed by atoms with van der Waals surface area (Å²) in [6, 6.07) is 4.54. The predicted octanol–water partition coefficient (Wildman–Crippen LogP) is 1.85. The molecule has 0 aliphatic carbocycles. The maximum atomic E-state index is 13.4. The van der Waals surface area contributed by atoms with Crippen molar-refractivity contribution in [2.24, 2.45) is 0 Å². The molecule has 0 atom stereocenters. The van der Waals surface area contributed by atoms with Crippen molar-refractivity contribution in [2.75, 3.05) is 0 Å². The summed E-state index contributed by atoms with van der Waals surface area (Å²) in [6.45, 7) is 1.77. The van der Waals surface area contributed by atoms with Gasteiger partial charge < -0.3 is 4.98 Å². The summed E-state index contributed by atoms with van der Waals surface area (Å²) in [5, 5.41) is 8.60. The Kier molecular flexibility index (Phi) is 2.01. The number of benzene rings is 1. The lowest BCUT2D eigenvalue weighted by molar-refractivity contribution is 0.638. The van der Waals surface area contributed by atoms with Gasteiger partial charge >= 0.3 is 0 Å². The van der Waals surface area contributed by atoms with Crippen molar-refractivity contribution in [1.82, 2.24) is 4.98 Å². The van der Waals surface area contributed by atoms with Crippen LogP contribution in [0.1, 0.15) is 11.1 Å². The highest BCUT2D eigenvalue weighted by atomic mass is 19.1. The van der Waals surface area contributed by atoms with E-state index in [4.69, 9.17) is 5.26 Å². The molecular weight excluding hydrogens is 195 g/mol. The molecule has 0 saturated carbocycles. The average molecular weight is 202 g/mol. The van der Waals surface area contributed by atoms with Crippen LogP contribution in [0.2, 0.25) is 0 Å². The third kappa shape index (κ3) is 1.29. The third-order valence-electron chi connectivity index (χ3n) is 2.32. The molecule has 0 saturated heterocycles. The van der Waals surface area contributed by atoms with Crippen LogP contribution in [0.25, 0.3) is 10.9 Å². The highest BCUT2D eigenvalue weighted by Crippen LogP contribution is 2.16. The van der Waals surface area contributed by atoms with Crippen LogP contribution in [-0.4, -0.2) is 4.98 Å². The first kappa shape index (κ1) is 9.41. The summed E-state index contributed by atoms with van der Waals surface area (Å²) >= 11 is 0. The van der Waals surface area contributed by atoms with Gasteiger partial charge in [0.05, 0.1) is 10.9 Å². The maximum Gasteiger partial charge on any atom is 0.210 e. The molecule has 1 heterocycles. The minimum atomic E-state index is -0.603. The summed E-state index contributed by atoms with van der Waals surface area (Å²) < 4.78 is 13.4. The molecule has 0 aliphatic rings. The van der Waals surface area contributed by atoms with Gasteiger partial charge in [-0.25, -0.2) is 4.39 Å². The highest BCUT2D eigenvalue weighted by Gasteiger charge is 2.10. The van der Waals surface area contributed by atoms with E-state index in [-0.39, 0.29) is 10.9 Å². The van der Waals surface area contributed by atoms with Crippen molar-refractivity contribution < 1.29 is 4.39 Å². The second kappa shape index (κ2) is 3.21. The molecule has 15 heavy (non-hydrogen) atoms. The smallest absolute Gasteiger partial charge is 0.210 e. The van der Waals surface area contributed by atoms with E-state index >= 15 is 0 Å². The Balaban J connectivity index is 3.07. The highest BCUT2D eigenvalue weighted by molar-refractivity contribution is 5.83. The minimum Gasteiger partial charge on any atom is -0.359 e. The van der Waals surface area contributed by atoms with Gasteiger partial charge in [-0.1, -0.05) is 6.07 Å². The molecule has 0 spiro atoms. The quantitative estimate of drug-likeness (QED) is 0.708. The van der Waals surface area contributed by atoms with Gasteiger partial charge in [-0.2, -0.15) is 5.26 Å². The van der Waals surface area contributed by atoms with E-state index in [0.717, 1.165) is 5.56 Å². The van der Waals surface area contributed by atoms with E-state index in [2.05, 4.69) is 4.98 Å². The minimum absolute atomic E-state index is 0.0472. The number of halogens is 1. The summed E-state index contributed by atoms with van der Waals surface area (Å²) in [6.07, 6.45) is 1.30. The molecular formula is C11H7FN2O. The molecule has 0 amide bonds. The first-order valence-corrected chi connectivity index (χ1v) is 4.35. The SMILES string of the molecule is Cc1ccc(F)c2c(=O)c(C#N)c[nH]c12. The number of aromatic nitrogens is 1. The van der Waals surface area contributed by atoms with E-state index in [1.807, 2.05) is 0 Å². The van der Waals surface area contributed by atoms with Gasteiger partial charge in [0.2, 0.25) is 5.43 Å². The zero-order valence-corrected chi connectivity index (χ0v) is 7.97. The van der Waals surface area contributed by atoms with Crippen LogP contribution in [0.5, 0.6) is 0 Å². The van der Waals surface area contributed by atoms with Gasteiger partial charge in [-0.15, -0.1) is 0 Å². The molecule has 1 aromatic carbocycles. The standard InChI is InChI=1S/C11H7FN2O/c1-6-2-3-8(12)9-10(6)14-5-7(4-13)11(9)15/h2-3,5H,1H3,(H,14,15). The largest absolute Gasteiger partial charge is 0.359 e. The molecule has 0 bridgehead atoms. The summed E-state index contributed by atoms with van der Waals surface area (Å²) in [5.41, 5.74) is 0.575. The van der Waals surface area contributed by atoms with Gasteiger partial charge in [-0.05, 0) is 18.6 Å². The van der Waals surface area contributed by atoms with Crippen LogP contribution in [-0.2, 0) is 0 Å². The lowest BCUT2D eigenvalue weighted by atomic mass is 10.1. The first-order valence-electron chi connectivity index (χ1n) is 4.35. The molecule has 74 valence electrons. The van der Waals surface area contributed by atoms with Crippen molar-refractivity contribution in [2.45, 2.75) is 6.92 Å². The number of nitrogens with one attached hydrogen (secondary N) is 1. The van der Waals surface area contributed by atoms with Crippen molar-refractivity contribution in [3.05, 3.63) is 45.5 Å². The Morgan fingerprint density at radius 2 is 2.20 bits per heavy atom. The molecule has 4 heteroatoms. The van der Waals surface area contributed by atoms with Crippen molar-refractivity contribution in [1.29, 1.82) is 5.26 Å². The van der Waals surface area contributed by atoms with E-state index in [0.29, 0.717) is 5.52 Å². The Morgan fingerprint density at radius 1 is 1.47 bits per heavy atom. The number of rotatable bonds is 0. The van der Waals surface area contributed by atoms with Crippen molar-refractivity contribution in [3.63, 3.8) is 0 Å². The molecule has 0 fully saturated rings. The Bertz CT molecular complexity index is 637. The van der Waals surface area contributed by atoms with Crippen LogP contribution in [0.4, 0.5) is 4.39 Å². The van der Waals surface area contributed by atoms with Gasteiger partial charge in [0.1, 0.15) is 17.4 Å². The predicted molar refractivity (Wildman–Crippen MR) is 54.0 cm³/mol. The molecule has 0 aliphatic heterocycles. The average Bonchev–Trinajstić information content (AvgIpc) is 2.23. The van der Waals surface area contributed by atoms with E-state index in [1.54, 1.807) is 19.1 Å². The number of H-pyrrole nitrogens is 1. The van der Waals surface area contributed by atoms with Crippen LogP contribution in [0.15, 0.2) is 23.1 Å². The zero-order chi connectivity index (χ0) is 11.0. The van der Waals surface area contributed by atoms with E-state index in [9.17, 15) is 9.18 Å². The number of nitrogens with zero attached hydrogens (tertiary/aromatic N) is 1. The van der Waals surface area contributed by atoms with Crippen LogP contribution in [0.3, 0.4) is 0 Å². The number of hydrogen-bond donors (Lipinski definition) is 1. The van der Waals surface area contributed by atoms with Gasteiger partial charge in [-0.3, -0.25) is 4.79 Å². The van der Waals surface area contributed by atoms with Crippen LogP contribution < -0.4 is 5.43 Å². The zero-order valence-electron chi connectivity index (χ0n) is 7.97. The molecule has 2 aromatic rings. The molecule has 1 aromatic heterocycles. The lowest BCUT2D eigenvalue weighted by Gasteiger charge is -2.02. The third-order valence-corrected chi connectivity index (χ3v) is 2.32. The monoisotopic (exact) mass is 202 g/mol. The molecule has 1 N–H and O–H groups in total. The topological polar surface area (TPSA) is 56.6 Å². The summed E-state index contributed by atoms with van der Waals surface area (Å²) in [7, 11) is 0. The maximum absolute atomic E-state index is 13.4. The molecule has 0 unspecified atom stereocenters. The number of pyridine rings is 1. The fourth-order valence-electron chi connectivity index (χ4n) is 1.52. The number of nitriles is 1. The van der Waals surface area contributed by atoms with Crippen molar-refractivity contribution >= 4 is 10.9 Å². The van der Waals surface area contributed by atoms with Crippen LogP contribution >= 0.6 is 0 Å². The van der Waals surface area contributed by atoms with Crippen molar-refractivity contribution in [3.8, 4) is 6.07 Å². The Hall–Kier alpha value is -2.15. The normalized spacial score (nSPS) is 10.2. The fourth-order valence-corrected chi connectivity index (χ4v) is 1.52. The Labute approximate surface area is 84.8 Å².